The van der Waals surface area contributed by atoms with Crippen LogP contribution in [0.3, 0.4) is 0 Å². The summed E-state index contributed by atoms with van der Waals surface area (Å²) >= 11 is 0. The molecule has 0 aliphatic heterocycles. The molecule has 1 amide bonds. The van der Waals surface area contributed by atoms with Gasteiger partial charge in [0.15, 0.2) is 6.61 Å². The lowest BCUT2D eigenvalue weighted by Gasteiger charge is -2.17. The summed E-state index contributed by atoms with van der Waals surface area (Å²) in [6, 6.07) is 8.03. The third-order valence-corrected chi connectivity index (χ3v) is 2.97. The number of rotatable bonds is 5. The van der Waals surface area contributed by atoms with E-state index in [0.717, 1.165) is 0 Å². The van der Waals surface area contributed by atoms with Gasteiger partial charge in [-0.05, 0) is 37.1 Å². The molecule has 1 N–H and O–H groups in total. The third-order valence-electron chi connectivity index (χ3n) is 2.97. The monoisotopic (exact) mass is 274 g/mol. The Morgan fingerprint density at radius 1 is 1.25 bits per heavy atom. The molecule has 0 aliphatic carbocycles. The van der Waals surface area contributed by atoms with Gasteiger partial charge in [0.25, 0.3) is 5.91 Å². The molecule has 5 heteroatoms. The third kappa shape index (κ3) is 4.73. The first-order valence-corrected chi connectivity index (χ1v) is 6.40. The fourth-order valence-electron chi connectivity index (χ4n) is 1.36. The van der Waals surface area contributed by atoms with Crippen LogP contribution in [0.1, 0.15) is 36.7 Å². The Bertz CT molecular complexity index is 515. The molecule has 1 rings (SSSR count). The summed E-state index contributed by atoms with van der Waals surface area (Å²) in [6.07, 6.45) is 0. The van der Waals surface area contributed by atoms with E-state index in [4.69, 9.17) is 10.00 Å². The number of hydrogen-bond acceptors (Lipinski definition) is 4. The number of hydrogen-bond donors (Lipinski definition) is 1. The van der Waals surface area contributed by atoms with E-state index in [1.54, 1.807) is 0 Å². The van der Waals surface area contributed by atoms with E-state index < -0.39 is 5.97 Å². The Morgan fingerprint density at radius 3 is 2.35 bits per heavy atom. The first-order valence-electron chi connectivity index (χ1n) is 6.40. The van der Waals surface area contributed by atoms with Gasteiger partial charge in [-0.3, -0.25) is 4.79 Å². The summed E-state index contributed by atoms with van der Waals surface area (Å²) < 4.78 is 4.91. The maximum Gasteiger partial charge on any atom is 0.338 e. The molecular weight excluding hydrogens is 256 g/mol. The van der Waals surface area contributed by atoms with E-state index in [2.05, 4.69) is 5.32 Å². The number of nitrogens with one attached hydrogen (secondary N) is 1. The zero-order valence-corrected chi connectivity index (χ0v) is 11.8. The van der Waals surface area contributed by atoms with Gasteiger partial charge in [0.1, 0.15) is 0 Å². The first-order chi connectivity index (χ1) is 9.43. The lowest BCUT2D eigenvalue weighted by atomic mass is 10.1. The SMILES string of the molecule is CC(C)[C@@H](C)NC(=O)COC(=O)c1ccc(C#N)cc1. The molecule has 1 atom stereocenters. The highest BCUT2D eigenvalue weighted by Crippen LogP contribution is 2.05. The van der Waals surface area contributed by atoms with Gasteiger partial charge >= 0.3 is 5.97 Å². The van der Waals surface area contributed by atoms with Crippen LogP contribution in [-0.2, 0) is 9.53 Å². The Hall–Kier alpha value is -2.35. The number of nitriles is 1. The molecule has 0 saturated carbocycles. The molecule has 0 spiro atoms. The standard InChI is InChI=1S/C15H18N2O3/c1-10(2)11(3)17-14(18)9-20-15(19)13-6-4-12(8-16)5-7-13/h4-7,10-11H,9H2,1-3H3,(H,17,18)/t11-/m1/s1. The second-order valence-electron chi connectivity index (χ2n) is 4.87. The average molecular weight is 274 g/mol. The number of carbonyl (C=O) groups excluding carboxylic acids is 2. The summed E-state index contributed by atoms with van der Waals surface area (Å²) in [7, 11) is 0. The topological polar surface area (TPSA) is 79.2 Å². The van der Waals surface area contributed by atoms with Crippen molar-refractivity contribution in [1.29, 1.82) is 5.26 Å². The molecule has 0 unspecified atom stereocenters. The van der Waals surface area contributed by atoms with Gasteiger partial charge < -0.3 is 10.1 Å². The van der Waals surface area contributed by atoms with Gasteiger partial charge in [-0.15, -0.1) is 0 Å². The van der Waals surface area contributed by atoms with Gasteiger partial charge in [0.2, 0.25) is 0 Å². The highest BCUT2D eigenvalue weighted by atomic mass is 16.5. The van der Waals surface area contributed by atoms with E-state index in [0.29, 0.717) is 17.0 Å². The Balaban J connectivity index is 2.46. The summed E-state index contributed by atoms with van der Waals surface area (Å²) in [5, 5.41) is 11.4. The number of amides is 1. The molecule has 0 radical (unpaired) electrons. The fraction of sp³-hybridized carbons (Fsp3) is 0.400. The molecule has 1 aromatic carbocycles. The van der Waals surface area contributed by atoms with E-state index in [-0.39, 0.29) is 18.6 Å². The molecule has 0 saturated heterocycles. The maximum absolute atomic E-state index is 11.7. The largest absolute Gasteiger partial charge is 0.452 e. The minimum Gasteiger partial charge on any atom is -0.452 e. The molecule has 1 aromatic rings. The molecular formula is C15H18N2O3. The smallest absolute Gasteiger partial charge is 0.338 e. The highest BCUT2D eigenvalue weighted by Gasteiger charge is 2.13. The van der Waals surface area contributed by atoms with Crippen molar-refractivity contribution in [2.24, 2.45) is 5.92 Å². The van der Waals surface area contributed by atoms with Crippen LogP contribution >= 0.6 is 0 Å². The predicted octanol–water partition coefficient (Wildman–Crippen LogP) is 1.88. The Morgan fingerprint density at radius 2 is 1.85 bits per heavy atom. The van der Waals surface area contributed by atoms with Crippen LogP contribution in [0, 0.1) is 17.2 Å². The van der Waals surface area contributed by atoms with E-state index >= 15 is 0 Å². The second-order valence-corrected chi connectivity index (χ2v) is 4.87. The van der Waals surface area contributed by atoms with Crippen molar-refractivity contribution in [2.45, 2.75) is 26.8 Å². The number of benzene rings is 1. The number of carbonyl (C=O) groups is 2. The minimum atomic E-state index is -0.582. The molecule has 106 valence electrons. The van der Waals surface area contributed by atoms with Crippen LogP contribution in [0.5, 0.6) is 0 Å². The van der Waals surface area contributed by atoms with Gasteiger partial charge in [-0.2, -0.15) is 5.26 Å². The molecule has 0 bridgehead atoms. The van der Waals surface area contributed by atoms with Gasteiger partial charge in [-0.1, -0.05) is 13.8 Å². The highest BCUT2D eigenvalue weighted by molar-refractivity contribution is 5.91. The average Bonchev–Trinajstić information content (AvgIpc) is 2.44. The number of esters is 1. The van der Waals surface area contributed by atoms with Crippen LogP contribution in [0.2, 0.25) is 0 Å². The molecule has 0 aliphatic rings. The lowest BCUT2D eigenvalue weighted by molar-refractivity contribution is -0.125. The van der Waals surface area contributed by atoms with Crippen molar-refractivity contribution in [1.82, 2.24) is 5.32 Å². The van der Waals surface area contributed by atoms with Crippen molar-refractivity contribution >= 4 is 11.9 Å². The van der Waals surface area contributed by atoms with Crippen molar-refractivity contribution in [2.75, 3.05) is 6.61 Å². The minimum absolute atomic E-state index is 0.0242. The molecule has 0 heterocycles. The van der Waals surface area contributed by atoms with Crippen molar-refractivity contribution in [3.8, 4) is 6.07 Å². The molecule has 0 fully saturated rings. The Labute approximate surface area is 118 Å². The fourth-order valence-corrected chi connectivity index (χ4v) is 1.36. The maximum atomic E-state index is 11.7. The zero-order valence-electron chi connectivity index (χ0n) is 11.8. The predicted molar refractivity (Wildman–Crippen MR) is 73.9 cm³/mol. The molecule has 20 heavy (non-hydrogen) atoms. The summed E-state index contributed by atoms with van der Waals surface area (Å²) in [6.45, 7) is 5.57. The van der Waals surface area contributed by atoms with Crippen LogP contribution in [0.4, 0.5) is 0 Å². The zero-order chi connectivity index (χ0) is 15.1. The lowest BCUT2D eigenvalue weighted by Crippen LogP contribution is -2.38. The van der Waals surface area contributed by atoms with Crippen LogP contribution in [0.25, 0.3) is 0 Å². The summed E-state index contributed by atoms with van der Waals surface area (Å²) in [5.74, 6) is -0.594. The summed E-state index contributed by atoms with van der Waals surface area (Å²) in [5.41, 5.74) is 0.777. The normalized spacial score (nSPS) is 11.6. The van der Waals surface area contributed by atoms with Gasteiger partial charge in [0, 0.05) is 6.04 Å². The van der Waals surface area contributed by atoms with Crippen LogP contribution in [0.15, 0.2) is 24.3 Å². The van der Waals surface area contributed by atoms with Crippen molar-refractivity contribution in [3.05, 3.63) is 35.4 Å². The first kappa shape index (κ1) is 15.7. The second kappa shape index (κ2) is 7.29. The number of ether oxygens (including phenoxy) is 1. The van der Waals surface area contributed by atoms with E-state index in [9.17, 15) is 9.59 Å². The van der Waals surface area contributed by atoms with Crippen molar-refractivity contribution in [3.63, 3.8) is 0 Å². The van der Waals surface area contributed by atoms with E-state index in [1.807, 2.05) is 26.8 Å². The Kier molecular flexibility index (Phi) is 5.73. The quantitative estimate of drug-likeness (QED) is 0.831. The van der Waals surface area contributed by atoms with Gasteiger partial charge in [-0.25, -0.2) is 4.79 Å². The molecule has 0 aromatic heterocycles. The van der Waals surface area contributed by atoms with Crippen molar-refractivity contribution < 1.29 is 14.3 Å². The van der Waals surface area contributed by atoms with Crippen LogP contribution < -0.4 is 5.32 Å². The molecule has 5 nitrogen and oxygen atoms in total. The number of nitrogens with zero attached hydrogens (tertiary/aromatic N) is 1. The van der Waals surface area contributed by atoms with Crippen LogP contribution in [-0.4, -0.2) is 24.5 Å². The van der Waals surface area contributed by atoms with E-state index in [1.165, 1.54) is 24.3 Å². The van der Waals surface area contributed by atoms with Gasteiger partial charge in [0.05, 0.1) is 17.2 Å². The summed E-state index contributed by atoms with van der Waals surface area (Å²) in [4.78, 5) is 23.2.